The van der Waals surface area contributed by atoms with Gasteiger partial charge in [-0.25, -0.2) is 0 Å². The fourth-order valence-corrected chi connectivity index (χ4v) is 0.750. The summed E-state index contributed by atoms with van der Waals surface area (Å²) in [6.07, 6.45) is 5.21. The molecule has 0 saturated carbocycles. The summed E-state index contributed by atoms with van der Waals surface area (Å²) in [5.74, 6) is 0. The van der Waals surface area contributed by atoms with E-state index in [-0.39, 0.29) is 0 Å². The van der Waals surface area contributed by atoms with Crippen LogP contribution in [0.15, 0.2) is 0 Å². The minimum atomic E-state index is 0.625. The largest absolute Gasteiger partial charge is 0.0656 e. The molecule has 70 valence electrons. The minimum absolute atomic E-state index is 0.625. The third-order valence-electron chi connectivity index (χ3n) is 2.56. The third kappa shape index (κ3) is 7.90. The molecular weight excluding hydrogens is 132 g/mol. The van der Waals surface area contributed by atoms with E-state index in [0.717, 1.165) is 0 Å². The van der Waals surface area contributed by atoms with Crippen LogP contribution in [0.4, 0.5) is 0 Å². The maximum Gasteiger partial charge on any atom is -0.0334 e. The molecule has 0 heterocycles. The highest BCUT2D eigenvalue weighted by Gasteiger charge is 2.15. The zero-order valence-electron chi connectivity index (χ0n) is 9.33. The second-order valence-electron chi connectivity index (χ2n) is 3.58. The Labute approximate surface area is 73.4 Å². The second-order valence-corrected chi connectivity index (χ2v) is 3.58. The first-order valence-corrected chi connectivity index (χ1v) is 5.10. The summed E-state index contributed by atoms with van der Waals surface area (Å²) in [5.41, 5.74) is 0.625. The van der Waals surface area contributed by atoms with Gasteiger partial charge < -0.3 is 0 Å². The first-order chi connectivity index (χ1) is 5.10. The van der Waals surface area contributed by atoms with Crippen molar-refractivity contribution < 1.29 is 0 Å². The van der Waals surface area contributed by atoms with E-state index in [0.29, 0.717) is 5.41 Å². The van der Waals surface area contributed by atoms with E-state index in [1.165, 1.54) is 25.7 Å². The monoisotopic (exact) mass is 158 g/mol. The molecule has 0 aromatic carbocycles. The highest BCUT2D eigenvalue weighted by atomic mass is 14.2. The molecule has 0 nitrogen and oxygen atoms in total. The van der Waals surface area contributed by atoms with Crippen molar-refractivity contribution in [2.75, 3.05) is 0 Å². The van der Waals surface area contributed by atoms with E-state index in [2.05, 4.69) is 41.5 Å². The van der Waals surface area contributed by atoms with Crippen molar-refractivity contribution >= 4 is 0 Å². The lowest BCUT2D eigenvalue weighted by Gasteiger charge is -2.23. The van der Waals surface area contributed by atoms with Gasteiger partial charge in [-0.3, -0.25) is 0 Å². The Hall–Kier alpha value is 0. The molecule has 0 rings (SSSR count). The van der Waals surface area contributed by atoms with Crippen LogP contribution in [0.25, 0.3) is 0 Å². The number of rotatable bonds is 3. The average molecular weight is 158 g/mol. The van der Waals surface area contributed by atoms with E-state index < -0.39 is 0 Å². The molecule has 11 heavy (non-hydrogen) atoms. The highest BCUT2D eigenvalue weighted by molar-refractivity contribution is 4.67. The zero-order valence-corrected chi connectivity index (χ0v) is 9.33. The van der Waals surface area contributed by atoms with Crippen molar-refractivity contribution in [2.45, 2.75) is 67.2 Å². The Bertz CT molecular complexity index is 52.2. The van der Waals surface area contributed by atoms with Gasteiger partial charge in [-0.05, 0) is 5.41 Å². The van der Waals surface area contributed by atoms with Gasteiger partial charge in [-0.15, -0.1) is 0 Å². The smallest absolute Gasteiger partial charge is 0.0334 e. The SMILES string of the molecule is CCC.CCC(C)(CC)CC. The predicted octanol–water partition coefficient (Wildman–Crippen LogP) is 4.64. The molecule has 0 amide bonds. The van der Waals surface area contributed by atoms with Crippen LogP contribution in [-0.2, 0) is 0 Å². The van der Waals surface area contributed by atoms with Crippen molar-refractivity contribution in [2.24, 2.45) is 5.41 Å². The van der Waals surface area contributed by atoms with E-state index in [4.69, 9.17) is 0 Å². The Morgan fingerprint density at radius 1 is 0.727 bits per heavy atom. The van der Waals surface area contributed by atoms with Gasteiger partial charge in [0.2, 0.25) is 0 Å². The quantitative estimate of drug-likeness (QED) is 0.561. The summed E-state index contributed by atoms with van der Waals surface area (Å²) in [6.45, 7) is 13.4. The fourth-order valence-electron chi connectivity index (χ4n) is 0.750. The van der Waals surface area contributed by atoms with E-state index in [1.807, 2.05) is 0 Å². The molecule has 0 fully saturated rings. The molecule has 0 N–H and O–H groups in total. The third-order valence-corrected chi connectivity index (χ3v) is 2.56. The van der Waals surface area contributed by atoms with E-state index in [1.54, 1.807) is 0 Å². The van der Waals surface area contributed by atoms with Crippen molar-refractivity contribution in [3.05, 3.63) is 0 Å². The van der Waals surface area contributed by atoms with Crippen molar-refractivity contribution in [1.29, 1.82) is 0 Å². The molecule has 0 aliphatic carbocycles. The molecule has 0 bridgehead atoms. The second kappa shape index (κ2) is 8.10. The lowest BCUT2D eigenvalue weighted by molar-refractivity contribution is 0.286. The molecule has 0 saturated heterocycles. The maximum absolute atomic E-state index is 2.35. The first kappa shape index (κ1) is 13.6. The summed E-state index contributed by atoms with van der Waals surface area (Å²) < 4.78 is 0. The van der Waals surface area contributed by atoms with Gasteiger partial charge in [-0.2, -0.15) is 0 Å². The molecule has 0 spiro atoms. The van der Waals surface area contributed by atoms with Gasteiger partial charge in [0.15, 0.2) is 0 Å². The Morgan fingerprint density at radius 3 is 0.909 bits per heavy atom. The first-order valence-electron chi connectivity index (χ1n) is 5.10. The molecule has 0 aromatic rings. The summed E-state index contributed by atoms with van der Waals surface area (Å²) >= 11 is 0. The summed E-state index contributed by atoms with van der Waals surface area (Å²) in [6, 6.07) is 0. The van der Waals surface area contributed by atoms with Crippen LogP contribution in [0.1, 0.15) is 67.2 Å². The Morgan fingerprint density at radius 2 is 0.909 bits per heavy atom. The number of hydrogen-bond acceptors (Lipinski definition) is 0. The molecule has 0 aliphatic heterocycles. The highest BCUT2D eigenvalue weighted by Crippen LogP contribution is 2.28. The van der Waals surface area contributed by atoms with Crippen molar-refractivity contribution in [3.63, 3.8) is 0 Å². The van der Waals surface area contributed by atoms with Gasteiger partial charge in [0.1, 0.15) is 0 Å². The normalized spacial score (nSPS) is 10.4. The standard InChI is InChI=1S/C8H18.C3H8/c1-5-8(4,6-2)7-3;1-3-2/h5-7H2,1-4H3;3H2,1-2H3. The van der Waals surface area contributed by atoms with Crippen LogP contribution in [0.5, 0.6) is 0 Å². The van der Waals surface area contributed by atoms with Crippen LogP contribution < -0.4 is 0 Å². The van der Waals surface area contributed by atoms with Crippen LogP contribution >= 0.6 is 0 Å². The molecule has 0 radical (unpaired) electrons. The Balaban J connectivity index is 0. The lowest BCUT2D eigenvalue weighted by atomic mass is 9.82. The fraction of sp³-hybridized carbons (Fsp3) is 1.00. The molecular formula is C11H26. The molecule has 0 atom stereocenters. The average Bonchev–Trinajstić information content (AvgIpc) is 2.05. The lowest BCUT2D eigenvalue weighted by Crippen LogP contribution is -2.10. The molecule has 0 aromatic heterocycles. The topological polar surface area (TPSA) is 0 Å². The molecule has 0 heteroatoms. The zero-order chi connectivity index (χ0) is 9.33. The van der Waals surface area contributed by atoms with Crippen LogP contribution in [-0.4, -0.2) is 0 Å². The summed E-state index contributed by atoms with van der Waals surface area (Å²) in [4.78, 5) is 0. The number of hydrogen-bond donors (Lipinski definition) is 0. The predicted molar refractivity (Wildman–Crippen MR) is 54.9 cm³/mol. The van der Waals surface area contributed by atoms with Crippen molar-refractivity contribution in [3.8, 4) is 0 Å². The summed E-state index contributed by atoms with van der Waals surface area (Å²) in [7, 11) is 0. The molecule has 0 unspecified atom stereocenters. The van der Waals surface area contributed by atoms with Crippen LogP contribution in [0, 0.1) is 5.41 Å². The van der Waals surface area contributed by atoms with E-state index in [9.17, 15) is 0 Å². The Kier molecular flexibility index (Phi) is 10.0. The van der Waals surface area contributed by atoms with Gasteiger partial charge >= 0.3 is 0 Å². The van der Waals surface area contributed by atoms with Crippen LogP contribution in [0.3, 0.4) is 0 Å². The van der Waals surface area contributed by atoms with Gasteiger partial charge in [-0.1, -0.05) is 67.2 Å². The molecule has 0 aliphatic rings. The van der Waals surface area contributed by atoms with Gasteiger partial charge in [0.05, 0.1) is 0 Å². The minimum Gasteiger partial charge on any atom is -0.0656 e. The van der Waals surface area contributed by atoms with E-state index >= 15 is 0 Å². The van der Waals surface area contributed by atoms with Crippen LogP contribution in [0.2, 0.25) is 0 Å². The maximum atomic E-state index is 2.35. The van der Waals surface area contributed by atoms with Gasteiger partial charge in [0, 0.05) is 0 Å². The summed E-state index contributed by atoms with van der Waals surface area (Å²) in [5, 5.41) is 0. The van der Waals surface area contributed by atoms with Gasteiger partial charge in [0.25, 0.3) is 0 Å². The van der Waals surface area contributed by atoms with Crippen molar-refractivity contribution in [1.82, 2.24) is 0 Å².